The molecule has 0 radical (unpaired) electrons. The van der Waals surface area contributed by atoms with E-state index < -0.39 is 0 Å². The summed E-state index contributed by atoms with van der Waals surface area (Å²) in [5.74, 6) is 0.801. The molecule has 0 atom stereocenters. The van der Waals surface area contributed by atoms with Crippen molar-refractivity contribution in [2.24, 2.45) is 5.73 Å². The third kappa shape index (κ3) is 1.49. The molecule has 0 bridgehead atoms. The first-order chi connectivity index (χ1) is 5.29. The Morgan fingerprint density at radius 1 is 1.64 bits per heavy atom. The second-order valence-electron chi connectivity index (χ2n) is 2.31. The summed E-state index contributed by atoms with van der Waals surface area (Å²) in [5, 5.41) is 0. The third-order valence-electron chi connectivity index (χ3n) is 1.57. The average molecular weight is 152 g/mol. The maximum absolute atomic E-state index is 5.45. The van der Waals surface area contributed by atoms with Crippen LogP contribution in [0.4, 0.5) is 0 Å². The SMILES string of the molecule is COc1c(C)ccnc1CN. The number of methoxy groups -OCH3 is 1. The van der Waals surface area contributed by atoms with Crippen molar-refractivity contribution in [1.82, 2.24) is 4.98 Å². The minimum Gasteiger partial charge on any atom is -0.495 e. The van der Waals surface area contributed by atoms with Gasteiger partial charge < -0.3 is 10.5 Å². The highest BCUT2D eigenvalue weighted by Gasteiger charge is 2.03. The number of rotatable bonds is 2. The maximum Gasteiger partial charge on any atom is 0.144 e. The Bertz CT molecular complexity index is 248. The fraction of sp³-hybridized carbons (Fsp3) is 0.375. The Hall–Kier alpha value is -1.09. The molecule has 0 unspecified atom stereocenters. The van der Waals surface area contributed by atoms with E-state index in [1.807, 2.05) is 13.0 Å². The summed E-state index contributed by atoms with van der Waals surface area (Å²) in [5.41, 5.74) is 7.34. The fourth-order valence-electron chi connectivity index (χ4n) is 1.03. The van der Waals surface area contributed by atoms with Crippen LogP contribution in [0.25, 0.3) is 0 Å². The van der Waals surface area contributed by atoms with Crippen LogP contribution >= 0.6 is 0 Å². The Morgan fingerprint density at radius 2 is 2.36 bits per heavy atom. The number of pyridine rings is 1. The van der Waals surface area contributed by atoms with Crippen LogP contribution < -0.4 is 10.5 Å². The standard InChI is InChI=1S/C8H12N2O/c1-6-3-4-10-7(5-9)8(6)11-2/h3-4H,5,9H2,1-2H3. The van der Waals surface area contributed by atoms with E-state index in [2.05, 4.69) is 4.98 Å². The van der Waals surface area contributed by atoms with Gasteiger partial charge in [-0.05, 0) is 18.6 Å². The summed E-state index contributed by atoms with van der Waals surface area (Å²) in [6.07, 6.45) is 1.74. The summed E-state index contributed by atoms with van der Waals surface area (Å²) in [6, 6.07) is 1.90. The minimum absolute atomic E-state index is 0.421. The highest BCUT2D eigenvalue weighted by atomic mass is 16.5. The van der Waals surface area contributed by atoms with E-state index >= 15 is 0 Å². The number of aromatic nitrogens is 1. The summed E-state index contributed by atoms with van der Waals surface area (Å²) < 4.78 is 5.12. The van der Waals surface area contributed by atoms with Crippen molar-refractivity contribution in [2.75, 3.05) is 7.11 Å². The summed E-state index contributed by atoms with van der Waals surface area (Å²) in [4.78, 5) is 4.08. The van der Waals surface area contributed by atoms with E-state index in [-0.39, 0.29) is 0 Å². The van der Waals surface area contributed by atoms with Crippen molar-refractivity contribution in [1.29, 1.82) is 0 Å². The minimum atomic E-state index is 0.421. The van der Waals surface area contributed by atoms with E-state index in [1.165, 1.54) is 0 Å². The molecule has 1 aromatic rings. The van der Waals surface area contributed by atoms with Crippen LogP contribution in [-0.4, -0.2) is 12.1 Å². The van der Waals surface area contributed by atoms with Gasteiger partial charge in [0.15, 0.2) is 0 Å². The van der Waals surface area contributed by atoms with Gasteiger partial charge >= 0.3 is 0 Å². The Balaban J connectivity index is 3.13. The van der Waals surface area contributed by atoms with Crippen LogP contribution in [0.1, 0.15) is 11.3 Å². The van der Waals surface area contributed by atoms with Crippen LogP contribution in [-0.2, 0) is 6.54 Å². The van der Waals surface area contributed by atoms with Crippen LogP contribution in [0.5, 0.6) is 5.75 Å². The molecule has 2 N–H and O–H groups in total. The molecule has 3 nitrogen and oxygen atoms in total. The van der Waals surface area contributed by atoms with Gasteiger partial charge in [-0.1, -0.05) is 0 Å². The lowest BCUT2D eigenvalue weighted by Crippen LogP contribution is -2.03. The van der Waals surface area contributed by atoms with Gasteiger partial charge in [0.25, 0.3) is 0 Å². The Labute approximate surface area is 66.2 Å². The first kappa shape index (κ1) is 8.01. The zero-order valence-corrected chi connectivity index (χ0v) is 6.79. The molecule has 0 aliphatic carbocycles. The lowest BCUT2D eigenvalue weighted by molar-refractivity contribution is 0.404. The van der Waals surface area contributed by atoms with Crippen molar-refractivity contribution in [3.05, 3.63) is 23.5 Å². The number of nitrogens with two attached hydrogens (primary N) is 1. The zero-order chi connectivity index (χ0) is 8.27. The van der Waals surface area contributed by atoms with E-state index in [0.717, 1.165) is 17.0 Å². The van der Waals surface area contributed by atoms with Crippen LogP contribution in [0, 0.1) is 6.92 Å². The Kier molecular flexibility index (Phi) is 2.44. The third-order valence-corrected chi connectivity index (χ3v) is 1.57. The molecule has 0 aromatic carbocycles. The highest BCUT2D eigenvalue weighted by Crippen LogP contribution is 2.19. The fourth-order valence-corrected chi connectivity index (χ4v) is 1.03. The summed E-state index contributed by atoms with van der Waals surface area (Å²) in [7, 11) is 1.63. The lowest BCUT2D eigenvalue weighted by Gasteiger charge is -2.07. The first-order valence-electron chi connectivity index (χ1n) is 3.48. The van der Waals surface area contributed by atoms with Gasteiger partial charge in [-0.3, -0.25) is 4.98 Å². The number of nitrogens with zero attached hydrogens (tertiary/aromatic N) is 1. The molecule has 11 heavy (non-hydrogen) atoms. The van der Waals surface area contributed by atoms with Crippen molar-refractivity contribution >= 4 is 0 Å². The first-order valence-corrected chi connectivity index (χ1v) is 3.48. The predicted molar refractivity (Wildman–Crippen MR) is 43.4 cm³/mol. The van der Waals surface area contributed by atoms with E-state index in [9.17, 15) is 0 Å². The molecule has 1 heterocycles. The molecule has 0 spiro atoms. The number of hydrogen-bond donors (Lipinski definition) is 1. The van der Waals surface area contributed by atoms with Gasteiger partial charge in [0.1, 0.15) is 5.75 Å². The maximum atomic E-state index is 5.45. The molecular weight excluding hydrogens is 140 g/mol. The topological polar surface area (TPSA) is 48.1 Å². The van der Waals surface area contributed by atoms with Crippen LogP contribution in [0.2, 0.25) is 0 Å². The second kappa shape index (κ2) is 3.34. The van der Waals surface area contributed by atoms with Gasteiger partial charge in [-0.25, -0.2) is 0 Å². The molecule has 0 aliphatic heterocycles. The van der Waals surface area contributed by atoms with Crippen LogP contribution in [0.15, 0.2) is 12.3 Å². The average Bonchev–Trinajstić information content (AvgIpc) is 2.04. The molecule has 0 saturated carbocycles. The van der Waals surface area contributed by atoms with Gasteiger partial charge in [0.05, 0.1) is 12.8 Å². The molecule has 3 heteroatoms. The molecule has 0 fully saturated rings. The van der Waals surface area contributed by atoms with Gasteiger partial charge in [-0.2, -0.15) is 0 Å². The lowest BCUT2D eigenvalue weighted by atomic mass is 10.2. The van der Waals surface area contributed by atoms with Crippen molar-refractivity contribution in [3.8, 4) is 5.75 Å². The Morgan fingerprint density at radius 3 is 2.82 bits per heavy atom. The van der Waals surface area contributed by atoms with Crippen LogP contribution in [0.3, 0.4) is 0 Å². The van der Waals surface area contributed by atoms with E-state index in [4.69, 9.17) is 10.5 Å². The predicted octanol–water partition coefficient (Wildman–Crippen LogP) is 0.857. The molecular formula is C8H12N2O. The number of hydrogen-bond acceptors (Lipinski definition) is 3. The molecule has 60 valence electrons. The molecule has 1 rings (SSSR count). The van der Waals surface area contributed by atoms with Gasteiger partial charge in [0, 0.05) is 12.7 Å². The smallest absolute Gasteiger partial charge is 0.144 e. The van der Waals surface area contributed by atoms with E-state index in [1.54, 1.807) is 13.3 Å². The van der Waals surface area contributed by atoms with Gasteiger partial charge in [0.2, 0.25) is 0 Å². The number of ether oxygens (including phenoxy) is 1. The van der Waals surface area contributed by atoms with Crippen molar-refractivity contribution < 1.29 is 4.74 Å². The van der Waals surface area contributed by atoms with Crippen molar-refractivity contribution in [3.63, 3.8) is 0 Å². The highest BCUT2D eigenvalue weighted by molar-refractivity contribution is 5.35. The molecule has 0 saturated heterocycles. The quantitative estimate of drug-likeness (QED) is 0.683. The summed E-state index contributed by atoms with van der Waals surface area (Å²) >= 11 is 0. The molecule has 1 aromatic heterocycles. The zero-order valence-electron chi connectivity index (χ0n) is 6.79. The molecule has 0 amide bonds. The number of aryl methyl sites for hydroxylation is 1. The van der Waals surface area contributed by atoms with Gasteiger partial charge in [-0.15, -0.1) is 0 Å². The second-order valence-corrected chi connectivity index (χ2v) is 2.31. The molecule has 0 aliphatic rings. The van der Waals surface area contributed by atoms with E-state index in [0.29, 0.717) is 6.54 Å². The largest absolute Gasteiger partial charge is 0.495 e. The van der Waals surface area contributed by atoms with Crippen molar-refractivity contribution in [2.45, 2.75) is 13.5 Å². The monoisotopic (exact) mass is 152 g/mol. The normalized spacial score (nSPS) is 9.73. The summed E-state index contributed by atoms with van der Waals surface area (Å²) in [6.45, 7) is 2.39.